The van der Waals surface area contributed by atoms with Crippen molar-refractivity contribution in [1.82, 2.24) is 24.8 Å². The van der Waals surface area contributed by atoms with Crippen molar-refractivity contribution in [3.63, 3.8) is 0 Å². The van der Waals surface area contributed by atoms with E-state index in [1.165, 1.54) is 0 Å². The summed E-state index contributed by atoms with van der Waals surface area (Å²) in [5.74, 6) is -1.10. The third-order valence-corrected chi connectivity index (χ3v) is 3.28. The normalized spacial score (nSPS) is 12.5. The Hall–Kier alpha value is -2.22. The van der Waals surface area contributed by atoms with Crippen LogP contribution in [-0.4, -0.2) is 49.6 Å². The van der Waals surface area contributed by atoms with Gasteiger partial charge in [0, 0.05) is 32.0 Å². The van der Waals surface area contributed by atoms with E-state index in [-0.39, 0.29) is 11.7 Å². The van der Waals surface area contributed by atoms with E-state index in [0.29, 0.717) is 30.8 Å². The van der Waals surface area contributed by atoms with Crippen LogP contribution >= 0.6 is 0 Å². The Kier molecular flexibility index (Phi) is 4.69. The minimum atomic E-state index is -1.10. The van der Waals surface area contributed by atoms with Crippen LogP contribution in [0.5, 0.6) is 0 Å². The number of methoxy groups -OCH3 is 1. The van der Waals surface area contributed by atoms with Crippen LogP contribution in [0, 0.1) is 0 Å². The quantitative estimate of drug-likeness (QED) is 0.830. The minimum absolute atomic E-state index is 0.0227. The van der Waals surface area contributed by atoms with Gasteiger partial charge in [0.15, 0.2) is 5.69 Å². The molecule has 0 aliphatic heterocycles. The van der Waals surface area contributed by atoms with Gasteiger partial charge in [-0.05, 0) is 20.3 Å². The molecule has 2 heterocycles. The molecule has 8 nitrogen and oxygen atoms in total. The van der Waals surface area contributed by atoms with E-state index in [1.807, 2.05) is 13.8 Å². The first-order chi connectivity index (χ1) is 10.1. The maximum absolute atomic E-state index is 11.4. The first-order valence-electron chi connectivity index (χ1n) is 6.78. The van der Waals surface area contributed by atoms with Crippen molar-refractivity contribution in [3.8, 4) is 11.3 Å². The molecule has 0 saturated heterocycles. The van der Waals surface area contributed by atoms with Gasteiger partial charge >= 0.3 is 5.97 Å². The average Bonchev–Trinajstić information content (AvgIpc) is 3.09. The summed E-state index contributed by atoms with van der Waals surface area (Å²) in [4.78, 5) is 11.4. The van der Waals surface area contributed by atoms with E-state index in [4.69, 9.17) is 4.74 Å². The topological polar surface area (TPSA) is 95.1 Å². The van der Waals surface area contributed by atoms with Gasteiger partial charge in [0.25, 0.3) is 0 Å². The van der Waals surface area contributed by atoms with Gasteiger partial charge in [-0.2, -0.15) is 5.10 Å². The van der Waals surface area contributed by atoms with Gasteiger partial charge in [-0.1, -0.05) is 5.21 Å². The second-order valence-electron chi connectivity index (χ2n) is 4.75. The third kappa shape index (κ3) is 3.10. The molecule has 1 atom stereocenters. The highest BCUT2D eigenvalue weighted by atomic mass is 16.5. The molecule has 0 amide bonds. The number of hydrogen-bond acceptors (Lipinski definition) is 5. The first-order valence-corrected chi connectivity index (χ1v) is 6.78. The number of aromatic carboxylic acids is 1. The van der Waals surface area contributed by atoms with Crippen molar-refractivity contribution in [2.45, 2.75) is 32.9 Å². The summed E-state index contributed by atoms with van der Waals surface area (Å²) in [5.41, 5.74) is 1.12. The fraction of sp³-hybridized carbons (Fsp3) is 0.538. The van der Waals surface area contributed by atoms with Crippen LogP contribution in [0.3, 0.4) is 0 Å². The van der Waals surface area contributed by atoms with Gasteiger partial charge in [-0.25, -0.2) is 9.48 Å². The van der Waals surface area contributed by atoms with E-state index >= 15 is 0 Å². The summed E-state index contributed by atoms with van der Waals surface area (Å²) in [6.07, 6.45) is 4.15. The van der Waals surface area contributed by atoms with Crippen molar-refractivity contribution in [2.75, 3.05) is 13.7 Å². The molecule has 21 heavy (non-hydrogen) atoms. The van der Waals surface area contributed by atoms with Crippen LogP contribution in [0.2, 0.25) is 0 Å². The largest absolute Gasteiger partial charge is 0.476 e. The summed E-state index contributed by atoms with van der Waals surface area (Å²) in [7, 11) is 1.63. The number of hydrogen-bond donors (Lipinski definition) is 1. The van der Waals surface area contributed by atoms with Crippen LogP contribution in [0.1, 0.15) is 36.8 Å². The SMILES string of the molecule is CCn1cc(-c2c(C(=O)O)nnn2C(C)CCOC)cn1. The molecule has 2 rings (SSSR count). The zero-order valence-electron chi connectivity index (χ0n) is 12.4. The number of carboxylic acids is 1. The summed E-state index contributed by atoms with van der Waals surface area (Å²) >= 11 is 0. The van der Waals surface area contributed by atoms with Crippen molar-refractivity contribution in [1.29, 1.82) is 0 Å². The number of aromatic nitrogens is 5. The molecule has 1 N–H and O–H groups in total. The summed E-state index contributed by atoms with van der Waals surface area (Å²) in [6, 6.07) is -0.0227. The van der Waals surface area contributed by atoms with Crippen LogP contribution in [-0.2, 0) is 11.3 Å². The van der Waals surface area contributed by atoms with Gasteiger partial charge in [0.2, 0.25) is 0 Å². The van der Waals surface area contributed by atoms with E-state index < -0.39 is 5.97 Å². The van der Waals surface area contributed by atoms with E-state index in [2.05, 4.69) is 15.4 Å². The van der Waals surface area contributed by atoms with Crippen molar-refractivity contribution < 1.29 is 14.6 Å². The summed E-state index contributed by atoms with van der Waals surface area (Å²) in [5, 5.41) is 21.3. The number of ether oxygens (including phenoxy) is 1. The lowest BCUT2D eigenvalue weighted by atomic mass is 10.1. The lowest BCUT2D eigenvalue weighted by Crippen LogP contribution is -2.11. The minimum Gasteiger partial charge on any atom is -0.476 e. The maximum Gasteiger partial charge on any atom is 0.358 e. The van der Waals surface area contributed by atoms with Crippen LogP contribution < -0.4 is 0 Å². The molecule has 0 bridgehead atoms. The molecule has 0 saturated carbocycles. The average molecular weight is 293 g/mol. The molecule has 2 aromatic rings. The summed E-state index contributed by atoms with van der Waals surface area (Å²) < 4.78 is 8.42. The zero-order valence-corrected chi connectivity index (χ0v) is 12.4. The van der Waals surface area contributed by atoms with Crippen molar-refractivity contribution in [3.05, 3.63) is 18.1 Å². The Balaban J connectivity index is 2.44. The van der Waals surface area contributed by atoms with Crippen LogP contribution in [0.15, 0.2) is 12.4 Å². The summed E-state index contributed by atoms with van der Waals surface area (Å²) in [6.45, 7) is 5.19. The predicted molar refractivity (Wildman–Crippen MR) is 75.1 cm³/mol. The molecule has 0 aliphatic carbocycles. The Bertz CT molecular complexity index is 619. The highest BCUT2D eigenvalue weighted by Crippen LogP contribution is 2.26. The Labute approximate surface area is 122 Å². The molecule has 1 unspecified atom stereocenters. The molecule has 0 aliphatic rings. The lowest BCUT2D eigenvalue weighted by molar-refractivity contribution is 0.0691. The standard InChI is InChI=1S/C13H19N5O3/c1-4-17-8-10(7-14-17)12-11(13(19)20)15-16-18(12)9(2)5-6-21-3/h7-9H,4-6H2,1-3H3,(H,19,20). The molecule has 0 spiro atoms. The third-order valence-electron chi connectivity index (χ3n) is 3.28. The van der Waals surface area contributed by atoms with Crippen molar-refractivity contribution >= 4 is 5.97 Å². The Morgan fingerprint density at radius 1 is 1.52 bits per heavy atom. The number of carbonyl (C=O) groups is 1. The fourth-order valence-corrected chi connectivity index (χ4v) is 2.08. The molecule has 0 aromatic carbocycles. The first kappa shape index (κ1) is 15.2. The van der Waals surface area contributed by atoms with E-state index in [1.54, 1.807) is 28.9 Å². The smallest absolute Gasteiger partial charge is 0.358 e. The van der Waals surface area contributed by atoms with Gasteiger partial charge in [-0.3, -0.25) is 4.68 Å². The molecule has 8 heteroatoms. The second kappa shape index (κ2) is 6.49. The fourth-order valence-electron chi connectivity index (χ4n) is 2.08. The van der Waals surface area contributed by atoms with Crippen molar-refractivity contribution in [2.24, 2.45) is 0 Å². The van der Waals surface area contributed by atoms with Gasteiger partial charge in [0.1, 0.15) is 5.69 Å². The molecular weight excluding hydrogens is 274 g/mol. The Morgan fingerprint density at radius 3 is 2.86 bits per heavy atom. The molecule has 0 radical (unpaired) electrons. The highest BCUT2D eigenvalue weighted by Gasteiger charge is 2.24. The van der Waals surface area contributed by atoms with Gasteiger partial charge in [-0.15, -0.1) is 5.10 Å². The van der Waals surface area contributed by atoms with Crippen LogP contribution in [0.25, 0.3) is 11.3 Å². The lowest BCUT2D eigenvalue weighted by Gasteiger charge is -2.13. The number of aryl methyl sites for hydroxylation is 1. The zero-order chi connectivity index (χ0) is 15.4. The maximum atomic E-state index is 11.4. The van der Waals surface area contributed by atoms with Gasteiger partial charge < -0.3 is 9.84 Å². The number of nitrogens with zero attached hydrogens (tertiary/aromatic N) is 5. The Morgan fingerprint density at radius 2 is 2.29 bits per heavy atom. The highest BCUT2D eigenvalue weighted by molar-refractivity contribution is 5.92. The molecule has 0 fully saturated rings. The molecule has 2 aromatic heterocycles. The molecule has 114 valence electrons. The number of rotatable bonds is 7. The van der Waals surface area contributed by atoms with Crippen LogP contribution in [0.4, 0.5) is 0 Å². The monoisotopic (exact) mass is 293 g/mol. The van der Waals surface area contributed by atoms with Gasteiger partial charge in [0.05, 0.1) is 12.2 Å². The second-order valence-corrected chi connectivity index (χ2v) is 4.75. The number of carboxylic acid groups (broad SMARTS) is 1. The van der Waals surface area contributed by atoms with E-state index in [0.717, 1.165) is 0 Å². The molecular formula is C13H19N5O3. The van der Waals surface area contributed by atoms with E-state index in [9.17, 15) is 9.90 Å². The predicted octanol–water partition coefficient (Wildman–Crippen LogP) is 1.46.